The number of carbonyl (C=O) groups is 1. The van der Waals surface area contributed by atoms with E-state index in [1.54, 1.807) is 11.3 Å². The fourth-order valence-corrected chi connectivity index (χ4v) is 3.36. The minimum atomic E-state index is -0.276. The maximum absolute atomic E-state index is 12.5. The van der Waals surface area contributed by atoms with Gasteiger partial charge in [0.1, 0.15) is 0 Å². The lowest BCUT2D eigenvalue weighted by Crippen LogP contribution is -2.08. The van der Waals surface area contributed by atoms with Crippen molar-refractivity contribution < 1.29 is 9.53 Å². The van der Waals surface area contributed by atoms with E-state index in [9.17, 15) is 4.79 Å². The van der Waals surface area contributed by atoms with Crippen molar-refractivity contribution in [2.24, 2.45) is 0 Å². The van der Waals surface area contributed by atoms with Gasteiger partial charge in [0.2, 0.25) is 0 Å². The van der Waals surface area contributed by atoms with E-state index in [1.807, 2.05) is 50.4 Å². The van der Waals surface area contributed by atoms with E-state index in [0.717, 1.165) is 39.0 Å². The van der Waals surface area contributed by atoms with Crippen LogP contribution in [-0.4, -0.2) is 17.6 Å². The molecule has 0 bridgehead atoms. The second-order valence-electron chi connectivity index (χ2n) is 5.65. The van der Waals surface area contributed by atoms with Crippen LogP contribution < -0.4 is 0 Å². The molecule has 0 saturated carbocycles. The normalized spacial score (nSPS) is 10.9. The molecule has 3 aromatic rings. The lowest BCUT2D eigenvalue weighted by molar-refractivity contribution is 0.0507. The van der Waals surface area contributed by atoms with Crippen LogP contribution in [0.2, 0.25) is 0 Å². The second-order valence-corrected chi connectivity index (χ2v) is 6.59. The molecule has 0 fully saturated rings. The first kappa shape index (κ1) is 15.7. The molecule has 0 saturated heterocycles. The van der Waals surface area contributed by atoms with Gasteiger partial charge in [0.05, 0.1) is 28.3 Å². The predicted octanol–water partition coefficient (Wildman–Crippen LogP) is 5.15. The summed E-state index contributed by atoms with van der Waals surface area (Å²) in [5.41, 5.74) is 4.47. The molecule has 3 rings (SSSR count). The zero-order chi connectivity index (χ0) is 16.4. The number of pyridine rings is 1. The van der Waals surface area contributed by atoms with Crippen LogP contribution in [0, 0.1) is 13.8 Å². The van der Waals surface area contributed by atoms with Gasteiger partial charge >= 0.3 is 5.97 Å². The maximum atomic E-state index is 12.5. The Bertz CT molecular complexity index is 853. The van der Waals surface area contributed by atoms with Crippen molar-refractivity contribution in [3.63, 3.8) is 0 Å². The Balaban J connectivity index is 2.24. The van der Waals surface area contributed by atoms with Gasteiger partial charge in [-0.2, -0.15) is 0 Å². The molecule has 0 aliphatic heterocycles. The van der Waals surface area contributed by atoms with Crippen LogP contribution >= 0.6 is 11.3 Å². The number of carbonyl (C=O) groups excluding carboxylic acids is 1. The summed E-state index contributed by atoms with van der Waals surface area (Å²) in [5.74, 6) is -0.276. The third-order valence-corrected chi connectivity index (χ3v) is 4.57. The SMILES string of the molecule is CCCOC(=O)c1cc(-c2cccs2)nc2c(C)cc(C)cc12. The fourth-order valence-electron chi connectivity index (χ4n) is 2.67. The molecule has 1 aromatic carbocycles. The van der Waals surface area contributed by atoms with E-state index in [2.05, 4.69) is 6.07 Å². The number of benzene rings is 1. The largest absolute Gasteiger partial charge is 0.462 e. The predicted molar refractivity (Wildman–Crippen MR) is 95.1 cm³/mol. The third kappa shape index (κ3) is 3.13. The summed E-state index contributed by atoms with van der Waals surface area (Å²) in [4.78, 5) is 18.4. The van der Waals surface area contributed by atoms with Gasteiger partial charge in [0.25, 0.3) is 0 Å². The van der Waals surface area contributed by atoms with Crippen LogP contribution in [0.5, 0.6) is 0 Å². The molecular formula is C19H19NO2S. The minimum Gasteiger partial charge on any atom is -0.462 e. The molecule has 0 aliphatic carbocycles. The lowest BCUT2D eigenvalue weighted by Gasteiger charge is -2.11. The van der Waals surface area contributed by atoms with Gasteiger partial charge < -0.3 is 4.74 Å². The van der Waals surface area contributed by atoms with Crippen molar-refractivity contribution in [2.75, 3.05) is 6.61 Å². The van der Waals surface area contributed by atoms with Crippen LogP contribution in [-0.2, 0) is 4.74 Å². The first-order chi connectivity index (χ1) is 11.1. The Morgan fingerprint density at radius 3 is 2.78 bits per heavy atom. The standard InChI is InChI=1S/C19H19NO2S/c1-4-7-22-19(21)15-11-16(17-6-5-8-23-17)20-18-13(3)9-12(2)10-14(15)18/h5-6,8-11H,4,7H2,1-3H3. The number of hydrogen-bond donors (Lipinski definition) is 0. The maximum Gasteiger partial charge on any atom is 0.338 e. The van der Waals surface area contributed by atoms with Gasteiger partial charge in [0, 0.05) is 5.39 Å². The van der Waals surface area contributed by atoms with E-state index in [4.69, 9.17) is 9.72 Å². The smallest absolute Gasteiger partial charge is 0.338 e. The van der Waals surface area contributed by atoms with Crippen molar-refractivity contribution in [1.29, 1.82) is 0 Å². The fraction of sp³-hybridized carbons (Fsp3) is 0.263. The Labute approximate surface area is 139 Å². The molecule has 0 radical (unpaired) electrons. The molecule has 2 aromatic heterocycles. The summed E-state index contributed by atoms with van der Waals surface area (Å²) in [6.07, 6.45) is 0.810. The summed E-state index contributed by atoms with van der Waals surface area (Å²) in [7, 11) is 0. The van der Waals surface area contributed by atoms with Gasteiger partial charge in [0.15, 0.2) is 0 Å². The number of hydrogen-bond acceptors (Lipinski definition) is 4. The van der Waals surface area contributed by atoms with E-state index >= 15 is 0 Å². The molecule has 0 amide bonds. The van der Waals surface area contributed by atoms with Gasteiger partial charge in [-0.1, -0.05) is 24.6 Å². The van der Waals surface area contributed by atoms with Gasteiger partial charge in [-0.3, -0.25) is 0 Å². The molecule has 0 N–H and O–H groups in total. The lowest BCUT2D eigenvalue weighted by atomic mass is 10.0. The van der Waals surface area contributed by atoms with Crippen LogP contribution in [0.15, 0.2) is 35.7 Å². The highest BCUT2D eigenvalue weighted by Crippen LogP contribution is 2.30. The highest BCUT2D eigenvalue weighted by atomic mass is 32.1. The van der Waals surface area contributed by atoms with Crippen LogP contribution in [0.25, 0.3) is 21.5 Å². The number of esters is 1. The Hall–Kier alpha value is -2.20. The number of rotatable bonds is 4. The van der Waals surface area contributed by atoms with Gasteiger partial charge in [-0.05, 0) is 49.4 Å². The van der Waals surface area contributed by atoms with Crippen LogP contribution in [0.1, 0.15) is 34.8 Å². The van der Waals surface area contributed by atoms with Crippen LogP contribution in [0.4, 0.5) is 0 Å². The first-order valence-corrected chi connectivity index (χ1v) is 8.61. The number of fused-ring (bicyclic) bond motifs is 1. The molecule has 23 heavy (non-hydrogen) atoms. The summed E-state index contributed by atoms with van der Waals surface area (Å²) in [6.45, 7) is 6.48. The highest BCUT2D eigenvalue weighted by Gasteiger charge is 2.17. The Morgan fingerprint density at radius 1 is 1.26 bits per heavy atom. The summed E-state index contributed by atoms with van der Waals surface area (Å²) < 4.78 is 5.37. The average Bonchev–Trinajstić information content (AvgIpc) is 3.06. The van der Waals surface area contributed by atoms with Crippen molar-refractivity contribution in [1.82, 2.24) is 4.98 Å². The Morgan fingerprint density at radius 2 is 2.09 bits per heavy atom. The molecule has 0 atom stereocenters. The number of aryl methyl sites for hydroxylation is 2. The molecule has 4 heteroatoms. The molecule has 0 unspecified atom stereocenters. The molecule has 118 valence electrons. The average molecular weight is 325 g/mol. The van der Waals surface area contributed by atoms with Crippen molar-refractivity contribution in [2.45, 2.75) is 27.2 Å². The Kier molecular flexibility index (Phi) is 4.44. The molecule has 3 nitrogen and oxygen atoms in total. The first-order valence-electron chi connectivity index (χ1n) is 7.73. The van der Waals surface area contributed by atoms with Crippen LogP contribution in [0.3, 0.4) is 0 Å². The number of aromatic nitrogens is 1. The zero-order valence-corrected chi connectivity index (χ0v) is 14.4. The minimum absolute atomic E-state index is 0.276. The summed E-state index contributed by atoms with van der Waals surface area (Å²) in [5, 5.41) is 2.88. The number of ether oxygens (including phenoxy) is 1. The highest BCUT2D eigenvalue weighted by molar-refractivity contribution is 7.13. The van der Waals surface area contributed by atoms with Crippen molar-refractivity contribution >= 4 is 28.2 Å². The van der Waals surface area contributed by atoms with E-state index < -0.39 is 0 Å². The summed E-state index contributed by atoms with van der Waals surface area (Å²) >= 11 is 1.62. The summed E-state index contributed by atoms with van der Waals surface area (Å²) in [6, 6.07) is 9.96. The van der Waals surface area contributed by atoms with E-state index in [1.165, 1.54) is 0 Å². The van der Waals surface area contributed by atoms with Gasteiger partial charge in [-0.15, -0.1) is 11.3 Å². The zero-order valence-electron chi connectivity index (χ0n) is 13.6. The quantitative estimate of drug-likeness (QED) is 0.623. The van der Waals surface area contributed by atoms with Crippen molar-refractivity contribution in [3.8, 4) is 10.6 Å². The molecule has 0 aliphatic rings. The topological polar surface area (TPSA) is 39.2 Å². The number of thiophene rings is 1. The third-order valence-electron chi connectivity index (χ3n) is 3.68. The monoisotopic (exact) mass is 325 g/mol. The number of nitrogens with zero attached hydrogens (tertiary/aromatic N) is 1. The molecular weight excluding hydrogens is 306 g/mol. The molecule has 0 spiro atoms. The van der Waals surface area contributed by atoms with Gasteiger partial charge in [-0.25, -0.2) is 9.78 Å². The van der Waals surface area contributed by atoms with E-state index in [0.29, 0.717) is 12.2 Å². The van der Waals surface area contributed by atoms with Crippen molar-refractivity contribution in [3.05, 3.63) is 52.4 Å². The second kappa shape index (κ2) is 6.50. The van der Waals surface area contributed by atoms with E-state index in [-0.39, 0.29) is 5.97 Å². The molecule has 2 heterocycles.